The lowest BCUT2D eigenvalue weighted by Crippen LogP contribution is -2.35. The third-order valence-corrected chi connectivity index (χ3v) is 9.70. The molecule has 0 aliphatic heterocycles. The summed E-state index contributed by atoms with van der Waals surface area (Å²) >= 11 is 0. The highest BCUT2D eigenvalue weighted by Crippen LogP contribution is 2.55. The standard InChI is InChI=1S/C36H38FN3O2/c1-4-23(2)25-10-17-34(41)31(18-25)35(42)39-32(24-8-6-5-7-9-24)19-27-11-12-28-20-33-26(21-36(27,28)3)22-38-40(33)30-15-13-29(37)14-16-30/h5-10,13-18,20,22-23,27,32,41H,4,11-12,19,21H2,1-3H3,(H,39,42). The Morgan fingerprint density at radius 2 is 1.88 bits per heavy atom. The molecule has 1 fully saturated rings. The van der Waals surface area contributed by atoms with Crippen molar-refractivity contribution < 1.29 is 14.3 Å². The van der Waals surface area contributed by atoms with E-state index in [1.54, 1.807) is 18.2 Å². The van der Waals surface area contributed by atoms with Gasteiger partial charge in [0.2, 0.25) is 0 Å². The SMILES string of the molecule is CCC(C)c1ccc(O)c(C(=O)NC(CC2CCC3=Cc4c(cnn4-c4ccc(F)cc4)CC32C)c2ccccc2)c1. The van der Waals surface area contributed by atoms with Crippen LogP contribution in [0.2, 0.25) is 0 Å². The third-order valence-electron chi connectivity index (χ3n) is 9.70. The lowest BCUT2D eigenvalue weighted by Gasteiger charge is -2.37. The van der Waals surface area contributed by atoms with Crippen molar-refractivity contribution in [1.82, 2.24) is 15.1 Å². The second-order valence-corrected chi connectivity index (χ2v) is 12.2. The number of rotatable bonds is 8. The van der Waals surface area contributed by atoms with E-state index in [-0.39, 0.29) is 28.9 Å². The normalized spacial score (nSPS) is 20.8. The lowest BCUT2D eigenvalue weighted by atomic mass is 9.68. The minimum atomic E-state index is -0.261. The van der Waals surface area contributed by atoms with Crippen LogP contribution in [-0.2, 0) is 6.42 Å². The Kier molecular flexibility index (Phi) is 7.48. The average Bonchev–Trinajstić information content (AvgIpc) is 3.55. The maximum absolute atomic E-state index is 13.7. The van der Waals surface area contributed by atoms with Crippen molar-refractivity contribution in [3.05, 3.63) is 118 Å². The molecular weight excluding hydrogens is 525 g/mol. The summed E-state index contributed by atoms with van der Waals surface area (Å²) in [4.78, 5) is 13.7. The first kappa shape index (κ1) is 28.0. The van der Waals surface area contributed by atoms with Gasteiger partial charge in [0, 0.05) is 0 Å². The van der Waals surface area contributed by atoms with Gasteiger partial charge in [0.25, 0.3) is 5.91 Å². The molecule has 4 unspecified atom stereocenters. The maximum atomic E-state index is 13.7. The van der Waals surface area contributed by atoms with Gasteiger partial charge in [-0.25, -0.2) is 9.07 Å². The number of halogens is 1. The van der Waals surface area contributed by atoms with Gasteiger partial charge in [0.1, 0.15) is 11.6 Å². The van der Waals surface area contributed by atoms with Gasteiger partial charge >= 0.3 is 0 Å². The van der Waals surface area contributed by atoms with Gasteiger partial charge in [0.05, 0.1) is 29.2 Å². The molecule has 3 aromatic carbocycles. The zero-order valence-corrected chi connectivity index (χ0v) is 24.5. The van der Waals surface area contributed by atoms with Crippen molar-refractivity contribution >= 4 is 12.0 Å². The number of carbonyl (C=O) groups is 1. The molecule has 42 heavy (non-hydrogen) atoms. The number of allylic oxidation sites excluding steroid dienone is 1. The fourth-order valence-electron chi connectivity index (χ4n) is 6.86. The fraction of sp³-hybridized carbons (Fsp3) is 0.333. The van der Waals surface area contributed by atoms with Crippen LogP contribution in [0.15, 0.2) is 84.6 Å². The van der Waals surface area contributed by atoms with E-state index in [0.29, 0.717) is 17.4 Å². The van der Waals surface area contributed by atoms with Gasteiger partial charge < -0.3 is 10.4 Å². The van der Waals surface area contributed by atoms with Crippen LogP contribution in [0, 0.1) is 17.2 Å². The van der Waals surface area contributed by atoms with Crippen LogP contribution < -0.4 is 5.32 Å². The molecule has 4 aromatic rings. The first-order valence-electron chi connectivity index (χ1n) is 15.0. The van der Waals surface area contributed by atoms with E-state index in [0.717, 1.165) is 54.6 Å². The number of hydrogen-bond donors (Lipinski definition) is 2. The van der Waals surface area contributed by atoms with Crippen LogP contribution >= 0.6 is 0 Å². The summed E-state index contributed by atoms with van der Waals surface area (Å²) in [6.45, 7) is 6.60. The minimum Gasteiger partial charge on any atom is -0.507 e. The number of hydrogen-bond acceptors (Lipinski definition) is 3. The van der Waals surface area contributed by atoms with Crippen LogP contribution in [0.5, 0.6) is 5.75 Å². The number of phenolic OH excluding ortho intramolecular Hbond substituents is 1. The number of carbonyl (C=O) groups excluding carboxylic acids is 1. The van der Waals surface area contributed by atoms with E-state index in [1.807, 2.05) is 41.2 Å². The highest BCUT2D eigenvalue weighted by molar-refractivity contribution is 5.97. The van der Waals surface area contributed by atoms with E-state index in [9.17, 15) is 14.3 Å². The summed E-state index contributed by atoms with van der Waals surface area (Å²) in [7, 11) is 0. The molecule has 1 aromatic heterocycles. The van der Waals surface area contributed by atoms with Gasteiger partial charge in [-0.15, -0.1) is 0 Å². The van der Waals surface area contributed by atoms with Crippen LogP contribution in [0.25, 0.3) is 11.8 Å². The molecule has 2 aliphatic carbocycles. The number of benzene rings is 3. The van der Waals surface area contributed by atoms with Crippen LogP contribution in [0.1, 0.15) is 91.2 Å². The van der Waals surface area contributed by atoms with Gasteiger partial charge in [-0.3, -0.25) is 4.79 Å². The van der Waals surface area contributed by atoms with E-state index in [1.165, 1.54) is 23.3 Å². The quantitative estimate of drug-likeness (QED) is 0.227. The van der Waals surface area contributed by atoms with Crippen molar-refractivity contribution in [3.63, 3.8) is 0 Å². The number of nitrogens with one attached hydrogen (secondary N) is 1. The first-order chi connectivity index (χ1) is 20.3. The molecule has 0 spiro atoms. The molecule has 5 nitrogen and oxygen atoms in total. The fourth-order valence-corrected chi connectivity index (χ4v) is 6.86. The predicted octanol–water partition coefficient (Wildman–Crippen LogP) is 8.15. The zero-order valence-electron chi connectivity index (χ0n) is 24.5. The van der Waals surface area contributed by atoms with Crippen LogP contribution in [0.3, 0.4) is 0 Å². The van der Waals surface area contributed by atoms with Gasteiger partial charge in [-0.1, -0.05) is 62.7 Å². The second-order valence-electron chi connectivity index (χ2n) is 12.2. The Balaban J connectivity index is 1.27. The molecule has 4 atom stereocenters. The van der Waals surface area contributed by atoms with E-state index >= 15 is 0 Å². The Morgan fingerprint density at radius 3 is 2.62 bits per heavy atom. The Hall–Kier alpha value is -4.19. The summed E-state index contributed by atoms with van der Waals surface area (Å²) in [6, 6.07) is 21.8. The number of aromatic nitrogens is 2. The van der Waals surface area contributed by atoms with Crippen molar-refractivity contribution in [1.29, 1.82) is 0 Å². The molecular formula is C36H38FN3O2. The monoisotopic (exact) mass is 563 g/mol. The van der Waals surface area contributed by atoms with E-state index in [4.69, 9.17) is 0 Å². The van der Waals surface area contributed by atoms with Crippen LogP contribution in [0.4, 0.5) is 4.39 Å². The third kappa shape index (κ3) is 5.15. The van der Waals surface area contributed by atoms with Crippen molar-refractivity contribution in [2.75, 3.05) is 0 Å². The number of fused-ring (bicyclic) bond motifs is 2. The molecule has 216 valence electrons. The number of nitrogens with zero attached hydrogens (tertiary/aromatic N) is 2. The van der Waals surface area contributed by atoms with Gasteiger partial charge in [-0.05, 0) is 109 Å². The number of phenols is 1. The Labute approximate surface area is 247 Å². The lowest BCUT2D eigenvalue weighted by molar-refractivity contribution is 0.0920. The average molecular weight is 564 g/mol. The molecule has 1 amide bonds. The summed E-state index contributed by atoms with van der Waals surface area (Å²) in [5.41, 5.74) is 6.88. The molecule has 1 saturated carbocycles. The summed E-state index contributed by atoms with van der Waals surface area (Å²) in [5, 5.41) is 18.6. The number of aromatic hydroxyl groups is 1. The predicted molar refractivity (Wildman–Crippen MR) is 164 cm³/mol. The molecule has 0 radical (unpaired) electrons. The minimum absolute atomic E-state index is 0.00221. The summed E-state index contributed by atoms with van der Waals surface area (Å²) in [5.74, 6) is 0.132. The molecule has 6 rings (SSSR count). The molecule has 2 N–H and O–H groups in total. The molecule has 0 saturated heterocycles. The van der Waals surface area contributed by atoms with E-state index < -0.39 is 0 Å². The van der Waals surface area contributed by atoms with Gasteiger partial charge in [-0.2, -0.15) is 5.10 Å². The highest BCUT2D eigenvalue weighted by atomic mass is 19.1. The zero-order chi connectivity index (χ0) is 29.4. The van der Waals surface area contributed by atoms with Crippen molar-refractivity contribution in [2.24, 2.45) is 11.3 Å². The first-order valence-corrected chi connectivity index (χ1v) is 15.0. The van der Waals surface area contributed by atoms with Crippen LogP contribution in [-0.4, -0.2) is 20.8 Å². The molecule has 1 heterocycles. The smallest absolute Gasteiger partial charge is 0.255 e. The second kappa shape index (κ2) is 11.2. The Bertz CT molecular complexity index is 1630. The van der Waals surface area contributed by atoms with E-state index in [2.05, 4.69) is 49.4 Å². The van der Waals surface area contributed by atoms with Crippen molar-refractivity contribution in [2.45, 2.75) is 64.8 Å². The maximum Gasteiger partial charge on any atom is 0.255 e. The highest BCUT2D eigenvalue weighted by Gasteiger charge is 2.46. The Morgan fingerprint density at radius 1 is 1.12 bits per heavy atom. The van der Waals surface area contributed by atoms with Crippen molar-refractivity contribution in [3.8, 4) is 11.4 Å². The molecule has 2 aliphatic rings. The molecule has 0 bridgehead atoms. The van der Waals surface area contributed by atoms with Gasteiger partial charge in [0.15, 0.2) is 0 Å². The number of amides is 1. The topological polar surface area (TPSA) is 67.2 Å². The summed E-state index contributed by atoms with van der Waals surface area (Å²) < 4.78 is 15.4. The molecule has 6 heteroatoms. The summed E-state index contributed by atoms with van der Waals surface area (Å²) in [6.07, 6.45) is 8.86. The largest absolute Gasteiger partial charge is 0.507 e.